The van der Waals surface area contributed by atoms with Gasteiger partial charge in [-0.3, -0.25) is 0 Å². The van der Waals surface area contributed by atoms with Crippen LogP contribution in [-0.2, 0) is 5.41 Å². The minimum absolute atomic E-state index is 0.0333. The maximum absolute atomic E-state index is 11.9. The molecule has 0 radical (unpaired) electrons. The van der Waals surface area contributed by atoms with Crippen molar-refractivity contribution in [3.05, 3.63) is 66.3 Å². The number of hydrogen-bond donors (Lipinski definition) is 0. The summed E-state index contributed by atoms with van der Waals surface area (Å²) in [5, 5.41) is 11.9. The summed E-state index contributed by atoms with van der Waals surface area (Å²) >= 11 is 0. The van der Waals surface area contributed by atoms with Crippen LogP contribution in [0.25, 0.3) is 0 Å². The normalized spacial score (nSPS) is 26.7. The van der Waals surface area contributed by atoms with Gasteiger partial charge in [0.1, 0.15) is 7.05 Å². The molecule has 0 N–H and O–H groups in total. The van der Waals surface area contributed by atoms with Crippen molar-refractivity contribution in [2.45, 2.75) is 25.4 Å². The van der Waals surface area contributed by atoms with Gasteiger partial charge in [-0.2, -0.15) is 4.58 Å². The van der Waals surface area contributed by atoms with Crippen LogP contribution in [0, 0.1) is 5.92 Å². The van der Waals surface area contributed by atoms with Crippen molar-refractivity contribution < 1.29 is 9.68 Å². The van der Waals surface area contributed by atoms with Gasteiger partial charge in [0.2, 0.25) is 5.69 Å². The van der Waals surface area contributed by atoms with Crippen molar-refractivity contribution in [2.24, 2.45) is 5.92 Å². The third-order valence-corrected chi connectivity index (χ3v) is 4.54. The van der Waals surface area contributed by atoms with E-state index in [9.17, 15) is 5.11 Å². The molecule has 2 atom stereocenters. The third kappa shape index (κ3) is 2.30. The molecular formula is C19H21NO. The van der Waals surface area contributed by atoms with Gasteiger partial charge in [0, 0.05) is 17.7 Å². The SMILES string of the molecule is C[N+]1=C(/C=C\C2C=CC=CC2[O-])C(C)(C)c2ccccc21. The van der Waals surface area contributed by atoms with Gasteiger partial charge in [-0.15, -0.1) is 0 Å². The zero-order chi connectivity index (χ0) is 15.0. The molecule has 3 rings (SSSR count). The Balaban J connectivity index is 1.95. The van der Waals surface area contributed by atoms with Crippen LogP contribution >= 0.6 is 0 Å². The molecule has 108 valence electrons. The van der Waals surface area contributed by atoms with E-state index < -0.39 is 6.10 Å². The molecule has 0 spiro atoms. The number of nitrogens with zero attached hydrogens (tertiary/aromatic N) is 1. The molecule has 0 saturated heterocycles. The first-order chi connectivity index (χ1) is 10.0. The topological polar surface area (TPSA) is 26.1 Å². The smallest absolute Gasteiger partial charge is 0.209 e. The van der Waals surface area contributed by atoms with E-state index in [0.29, 0.717) is 0 Å². The van der Waals surface area contributed by atoms with Crippen molar-refractivity contribution >= 4 is 11.4 Å². The summed E-state index contributed by atoms with van der Waals surface area (Å²) in [6, 6.07) is 8.49. The average molecular weight is 279 g/mol. The first-order valence-electron chi connectivity index (χ1n) is 7.41. The van der Waals surface area contributed by atoms with Crippen LogP contribution < -0.4 is 5.11 Å². The van der Waals surface area contributed by atoms with Crippen LogP contribution in [0.3, 0.4) is 0 Å². The summed E-state index contributed by atoms with van der Waals surface area (Å²) in [6.45, 7) is 4.47. The first-order valence-corrected chi connectivity index (χ1v) is 7.41. The summed E-state index contributed by atoms with van der Waals surface area (Å²) in [7, 11) is 2.10. The van der Waals surface area contributed by atoms with Crippen LogP contribution in [0.4, 0.5) is 5.69 Å². The fourth-order valence-electron chi connectivity index (χ4n) is 3.28. The van der Waals surface area contributed by atoms with E-state index in [2.05, 4.69) is 55.8 Å². The van der Waals surface area contributed by atoms with Gasteiger partial charge in [-0.25, -0.2) is 0 Å². The van der Waals surface area contributed by atoms with Crippen molar-refractivity contribution in [1.29, 1.82) is 0 Å². The number of para-hydroxylation sites is 1. The highest BCUT2D eigenvalue weighted by Crippen LogP contribution is 2.39. The van der Waals surface area contributed by atoms with E-state index in [1.54, 1.807) is 6.08 Å². The van der Waals surface area contributed by atoms with Crippen LogP contribution in [0.15, 0.2) is 60.7 Å². The lowest BCUT2D eigenvalue weighted by Gasteiger charge is -2.26. The molecule has 1 aromatic carbocycles. The second-order valence-electron chi connectivity index (χ2n) is 6.26. The second-order valence-corrected chi connectivity index (χ2v) is 6.26. The largest absolute Gasteiger partial charge is 0.848 e. The van der Waals surface area contributed by atoms with E-state index in [0.717, 1.165) is 0 Å². The lowest BCUT2D eigenvalue weighted by atomic mass is 9.81. The zero-order valence-electron chi connectivity index (χ0n) is 12.8. The van der Waals surface area contributed by atoms with Crippen LogP contribution in [0.2, 0.25) is 0 Å². The van der Waals surface area contributed by atoms with Gasteiger partial charge < -0.3 is 5.11 Å². The fourth-order valence-corrected chi connectivity index (χ4v) is 3.28. The fraction of sp³-hybridized carbons (Fsp3) is 0.316. The van der Waals surface area contributed by atoms with Crippen molar-refractivity contribution in [3.63, 3.8) is 0 Å². The molecule has 0 bridgehead atoms. The predicted molar refractivity (Wildman–Crippen MR) is 85.0 cm³/mol. The number of rotatable bonds is 2. The monoisotopic (exact) mass is 279 g/mol. The summed E-state index contributed by atoms with van der Waals surface area (Å²) in [6.07, 6.45) is 11.0. The summed E-state index contributed by atoms with van der Waals surface area (Å²) in [5.74, 6) is -0.0598. The molecule has 1 aliphatic carbocycles. The second kappa shape index (κ2) is 5.12. The average Bonchev–Trinajstić information content (AvgIpc) is 2.67. The zero-order valence-corrected chi connectivity index (χ0v) is 12.8. The molecule has 2 unspecified atom stereocenters. The minimum atomic E-state index is -0.677. The molecule has 0 saturated carbocycles. The van der Waals surface area contributed by atoms with E-state index in [4.69, 9.17) is 0 Å². The number of benzene rings is 1. The molecule has 21 heavy (non-hydrogen) atoms. The third-order valence-electron chi connectivity index (χ3n) is 4.54. The van der Waals surface area contributed by atoms with E-state index in [1.807, 2.05) is 24.3 Å². The molecule has 0 fully saturated rings. The van der Waals surface area contributed by atoms with Gasteiger partial charge in [0.25, 0.3) is 0 Å². The molecule has 1 heterocycles. The minimum Gasteiger partial charge on any atom is -0.848 e. The molecular weight excluding hydrogens is 258 g/mol. The Hall–Kier alpha value is -1.93. The van der Waals surface area contributed by atoms with Crippen molar-refractivity contribution in [2.75, 3.05) is 7.05 Å². The lowest BCUT2D eigenvalue weighted by molar-refractivity contribution is -0.409. The van der Waals surface area contributed by atoms with Crippen molar-refractivity contribution in [1.82, 2.24) is 0 Å². The number of allylic oxidation sites excluding steroid dienone is 3. The van der Waals surface area contributed by atoms with Gasteiger partial charge in [-0.1, -0.05) is 54.7 Å². The number of fused-ring (bicyclic) bond motifs is 1. The van der Waals surface area contributed by atoms with Crippen molar-refractivity contribution in [3.8, 4) is 0 Å². The Bertz CT molecular complexity index is 677. The van der Waals surface area contributed by atoms with Gasteiger partial charge in [0.05, 0.1) is 5.41 Å². The molecule has 1 aliphatic heterocycles. The lowest BCUT2D eigenvalue weighted by Crippen LogP contribution is -2.31. The predicted octanol–water partition coefficient (Wildman–Crippen LogP) is 2.72. The first kappa shape index (κ1) is 14.0. The van der Waals surface area contributed by atoms with Crippen LogP contribution in [0.5, 0.6) is 0 Å². The number of hydrogen-bond acceptors (Lipinski definition) is 1. The summed E-state index contributed by atoms with van der Waals surface area (Å²) in [5.41, 5.74) is 3.79. The Morgan fingerprint density at radius 3 is 2.57 bits per heavy atom. The van der Waals surface area contributed by atoms with Gasteiger partial charge in [-0.05, 0) is 19.8 Å². The molecule has 0 amide bonds. The molecule has 2 aliphatic rings. The van der Waals surface area contributed by atoms with E-state index >= 15 is 0 Å². The Kier molecular flexibility index (Phi) is 3.42. The van der Waals surface area contributed by atoms with Crippen LogP contribution in [-0.4, -0.2) is 23.4 Å². The highest BCUT2D eigenvalue weighted by Gasteiger charge is 2.42. The maximum atomic E-state index is 11.9. The molecule has 1 aromatic rings. The van der Waals surface area contributed by atoms with Gasteiger partial charge >= 0.3 is 0 Å². The van der Waals surface area contributed by atoms with Crippen LogP contribution in [0.1, 0.15) is 19.4 Å². The van der Waals surface area contributed by atoms with E-state index in [1.165, 1.54) is 17.0 Å². The highest BCUT2D eigenvalue weighted by molar-refractivity contribution is 6.03. The quantitative estimate of drug-likeness (QED) is 0.764. The standard InChI is InChI=1S/C19H21NO/c1-19(2)15-9-5-6-10-16(15)20(3)18(19)13-12-14-8-4-7-11-17(14)21/h4-14,17H,1-3H3/b13-12-. The summed E-state index contributed by atoms with van der Waals surface area (Å²) in [4.78, 5) is 0. The van der Waals surface area contributed by atoms with E-state index in [-0.39, 0.29) is 11.3 Å². The maximum Gasteiger partial charge on any atom is 0.209 e. The summed E-state index contributed by atoms with van der Waals surface area (Å²) < 4.78 is 2.23. The molecule has 2 nitrogen and oxygen atoms in total. The molecule has 0 aromatic heterocycles. The van der Waals surface area contributed by atoms with Gasteiger partial charge in [0.15, 0.2) is 5.71 Å². The Morgan fingerprint density at radius 2 is 1.86 bits per heavy atom. The molecule has 2 heteroatoms. The Morgan fingerprint density at radius 1 is 1.14 bits per heavy atom. The Labute approximate surface area is 126 Å². The highest BCUT2D eigenvalue weighted by atomic mass is 16.3.